The van der Waals surface area contributed by atoms with Crippen LogP contribution in [0.15, 0.2) is 9.81 Å². The molecule has 0 amide bonds. The summed E-state index contributed by atoms with van der Waals surface area (Å²) in [6, 6.07) is 0. The lowest BCUT2D eigenvalue weighted by Gasteiger charge is -2.10. The average Bonchev–Trinajstić information content (AvgIpc) is 2.00. The first-order valence-corrected chi connectivity index (χ1v) is 6.45. The van der Waals surface area contributed by atoms with Crippen LogP contribution in [0.1, 0.15) is 20.3 Å². The average molecular weight is 240 g/mol. The van der Waals surface area contributed by atoms with Crippen LogP contribution in [0.4, 0.5) is 0 Å². The van der Waals surface area contributed by atoms with E-state index < -0.39 is 0 Å². The summed E-state index contributed by atoms with van der Waals surface area (Å²) in [5.74, 6) is 2.05. The smallest absolute Gasteiger partial charge is 0.00646 e. The molecule has 1 atom stereocenters. The maximum atomic E-state index is 4.36. The molecule has 0 bridgehead atoms. The lowest BCUT2D eigenvalue weighted by atomic mass is 10.3. The first-order chi connectivity index (χ1) is 5.57. The van der Waals surface area contributed by atoms with E-state index in [-0.39, 0.29) is 0 Å². The Balaban J connectivity index is 3.69. The van der Waals surface area contributed by atoms with Crippen LogP contribution in [-0.4, -0.2) is 16.8 Å². The Morgan fingerprint density at radius 2 is 2.00 bits per heavy atom. The summed E-state index contributed by atoms with van der Waals surface area (Å²) in [5.41, 5.74) is 0. The first kappa shape index (κ1) is 13.1. The number of thiol groups is 3. The normalized spacial score (nSPS) is 15.8. The molecule has 0 N–H and O–H groups in total. The van der Waals surface area contributed by atoms with Crippen LogP contribution in [-0.2, 0) is 0 Å². The Bertz CT molecular complexity index is 149. The van der Waals surface area contributed by atoms with Crippen LogP contribution < -0.4 is 0 Å². The first-order valence-electron chi connectivity index (χ1n) is 3.88. The zero-order chi connectivity index (χ0) is 9.56. The number of allylic oxidation sites excluding steroid dienone is 2. The molecule has 72 valence electrons. The Kier molecular flexibility index (Phi) is 8.25. The molecule has 1 unspecified atom stereocenters. The number of thioether (sulfide) groups is 1. The van der Waals surface area contributed by atoms with E-state index in [1.165, 1.54) is 0 Å². The molecule has 0 saturated heterocycles. The second-order valence-corrected chi connectivity index (χ2v) is 5.85. The van der Waals surface area contributed by atoms with Gasteiger partial charge < -0.3 is 0 Å². The van der Waals surface area contributed by atoms with Crippen LogP contribution in [0.5, 0.6) is 0 Å². The fraction of sp³-hybridized carbons (Fsp3) is 0.750. The van der Waals surface area contributed by atoms with Gasteiger partial charge in [-0.3, -0.25) is 0 Å². The highest BCUT2D eigenvalue weighted by atomic mass is 32.2. The minimum atomic E-state index is 0.617. The van der Waals surface area contributed by atoms with Crippen LogP contribution in [0.25, 0.3) is 0 Å². The zero-order valence-corrected chi connectivity index (χ0v) is 10.9. The van der Waals surface area contributed by atoms with E-state index in [1.54, 1.807) is 0 Å². The van der Waals surface area contributed by atoms with Gasteiger partial charge in [0.25, 0.3) is 0 Å². The van der Waals surface area contributed by atoms with Crippen molar-refractivity contribution in [3.8, 4) is 0 Å². The van der Waals surface area contributed by atoms with Crippen molar-refractivity contribution in [3.63, 3.8) is 0 Å². The summed E-state index contributed by atoms with van der Waals surface area (Å²) < 4.78 is 0. The summed E-state index contributed by atoms with van der Waals surface area (Å²) in [6.07, 6.45) is 1.01. The van der Waals surface area contributed by atoms with E-state index in [1.807, 2.05) is 18.7 Å². The summed E-state index contributed by atoms with van der Waals surface area (Å²) in [7, 11) is 0. The quantitative estimate of drug-likeness (QED) is 0.618. The van der Waals surface area contributed by atoms with Crippen molar-refractivity contribution >= 4 is 49.6 Å². The monoisotopic (exact) mass is 240 g/mol. The van der Waals surface area contributed by atoms with Gasteiger partial charge >= 0.3 is 0 Å². The molecule has 0 heterocycles. The molecule has 0 saturated carbocycles. The molecule has 0 rings (SSSR count). The molecule has 0 aliphatic rings. The maximum absolute atomic E-state index is 4.36. The summed E-state index contributed by atoms with van der Waals surface area (Å²) in [6.45, 7) is 4.18. The van der Waals surface area contributed by atoms with Gasteiger partial charge in [0.15, 0.2) is 0 Å². The fourth-order valence-corrected chi connectivity index (χ4v) is 2.33. The highest BCUT2D eigenvalue weighted by Gasteiger charge is 2.04. The third-order valence-corrected chi connectivity index (χ3v) is 4.06. The molecule has 0 aliphatic heterocycles. The Morgan fingerprint density at radius 1 is 1.42 bits per heavy atom. The van der Waals surface area contributed by atoms with Crippen LogP contribution in [0, 0.1) is 0 Å². The fourth-order valence-electron chi connectivity index (χ4n) is 0.733. The Hall–Kier alpha value is 1.14. The highest BCUT2D eigenvalue weighted by Crippen LogP contribution is 2.24. The van der Waals surface area contributed by atoms with Gasteiger partial charge in [-0.15, -0.1) is 25.3 Å². The number of rotatable bonds is 5. The number of hydrogen-bond acceptors (Lipinski definition) is 4. The standard InChI is InChI=1S/C8H16S4/c1-6(12-4-3-9)5-8(11)7(2)10/h6,9-11H,3-5H2,1-2H3. The molecule has 12 heavy (non-hydrogen) atoms. The van der Waals surface area contributed by atoms with Crippen molar-refractivity contribution in [1.29, 1.82) is 0 Å². The van der Waals surface area contributed by atoms with Crippen molar-refractivity contribution in [2.75, 3.05) is 11.5 Å². The van der Waals surface area contributed by atoms with Crippen LogP contribution in [0.2, 0.25) is 0 Å². The third kappa shape index (κ3) is 6.63. The van der Waals surface area contributed by atoms with Crippen molar-refractivity contribution < 1.29 is 0 Å². The van der Waals surface area contributed by atoms with E-state index in [0.29, 0.717) is 5.25 Å². The molecule has 4 heteroatoms. The highest BCUT2D eigenvalue weighted by molar-refractivity contribution is 8.00. The lowest BCUT2D eigenvalue weighted by molar-refractivity contribution is 0.967. The van der Waals surface area contributed by atoms with Crippen molar-refractivity contribution in [2.24, 2.45) is 0 Å². The summed E-state index contributed by atoms with van der Waals surface area (Å²) in [4.78, 5) is 2.12. The lowest BCUT2D eigenvalue weighted by Crippen LogP contribution is -1.98. The zero-order valence-electron chi connectivity index (χ0n) is 7.45. The second-order valence-electron chi connectivity index (χ2n) is 2.64. The van der Waals surface area contributed by atoms with Gasteiger partial charge in [0.1, 0.15) is 0 Å². The van der Waals surface area contributed by atoms with Crippen LogP contribution in [0.3, 0.4) is 0 Å². The van der Waals surface area contributed by atoms with E-state index in [4.69, 9.17) is 0 Å². The SMILES string of the molecule is CC(S)=C(S)CC(C)SCCS. The second kappa shape index (κ2) is 7.54. The molecule has 0 aromatic heterocycles. The van der Waals surface area contributed by atoms with Crippen molar-refractivity contribution in [2.45, 2.75) is 25.5 Å². The molecule has 0 spiro atoms. The summed E-state index contributed by atoms with van der Waals surface area (Å²) >= 11 is 14.7. The maximum Gasteiger partial charge on any atom is 0.00646 e. The Morgan fingerprint density at radius 3 is 2.42 bits per heavy atom. The molecular weight excluding hydrogens is 224 g/mol. The van der Waals surface area contributed by atoms with E-state index in [9.17, 15) is 0 Å². The van der Waals surface area contributed by atoms with Gasteiger partial charge in [-0.1, -0.05) is 6.92 Å². The van der Waals surface area contributed by atoms with E-state index in [2.05, 4.69) is 44.8 Å². The topological polar surface area (TPSA) is 0 Å². The van der Waals surface area contributed by atoms with Gasteiger partial charge in [-0.2, -0.15) is 24.4 Å². The predicted octanol–water partition coefficient (Wildman–Crippen LogP) is 3.52. The minimum absolute atomic E-state index is 0.617. The minimum Gasteiger partial charge on any atom is -0.179 e. The third-order valence-electron chi connectivity index (χ3n) is 1.39. The van der Waals surface area contributed by atoms with Gasteiger partial charge in [-0.05, 0) is 28.9 Å². The number of hydrogen-bond donors (Lipinski definition) is 3. The van der Waals surface area contributed by atoms with Gasteiger partial charge in [-0.25, -0.2) is 0 Å². The summed E-state index contributed by atoms with van der Waals surface area (Å²) in [5, 5.41) is 0.617. The molecule has 0 radical (unpaired) electrons. The molecule has 0 aliphatic carbocycles. The van der Waals surface area contributed by atoms with E-state index >= 15 is 0 Å². The largest absolute Gasteiger partial charge is 0.179 e. The Labute approximate surface area is 96.2 Å². The van der Waals surface area contributed by atoms with Crippen molar-refractivity contribution in [1.82, 2.24) is 0 Å². The van der Waals surface area contributed by atoms with Gasteiger partial charge in [0.2, 0.25) is 0 Å². The molecular formula is C8H16S4. The van der Waals surface area contributed by atoms with E-state index in [0.717, 1.165) is 27.7 Å². The van der Waals surface area contributed by atoms with Crippen LogP contribution >= 0.6 is 49.6 Å². The van der Waals surface area contributed by atoms with Gasteiger partial charge in [0, 0.05) is 11.0 Å². The molecule has 0 nitrogen and oxygen atoms in total. The molecule has 0 aromatic carbocycles. The van der Waals surface area contributed by atoms with Crippen molar-refractivity contribution in [3.05, 3.63) is 9.81 Å². The predicted molar refractivity (Wildman–Crippen MR) is 71.1 cm³/mol. The molecule has 0 fully saturated rings. The molecule has 0 aromatic rings. The van der Waals surface area contributed by atoms with Gasteiger partial charge in [0.05, 0.1) is 0 Å².